The SMILES string of the molecule is COCC(O)CONC(=O)c1cc(Cl)c(F)cc1Nc1ccc(I)cc1C. The monoisotopic (exact) mass is 508 g/mol. The van der Waals surface area contributed by atoms with Gasteiger partial charge in [0.2, 0.25) is 0 Å². The fraction of sp³-hybridized carbons (Fsp3) is 0.278. The molecule has 0 aromatic heterocycles. The smallest absolute Gasteiger partial charge is 0.277 e. The number of carbonyl (C=O) groups excluding carboxylic acids is 1. The second-order valence-electron chi connectivity index (χ2n) is 5.75. The number of rotatable bonds is 8. The molecule has 0 aliphatic heterocycles. The van der Waals surface area contributed by atoms with Crippen LogP contribution in [0.4, 0.5) is 15.8 Å². The summed E-state index contributed by atoms with van der Waals surface area (Å²) in [6, 6.07) is 8.04. The van der Waals surface area contributed by atoms with E-state index in [0.29, 0.717) is 0 Å². The van der Waals surface area contributed by atoms with Crippen molar-refractivity contribution < 1.29 is 23.9 Å². The summed E-state index contributed by atoms with van der Waals surface area (Å²) in [6.45, 7) is 1.81. The van der Waals surface area contributed by atoms with E-state index in [4.69, 9.17) is 21.2 Å². The number of amides is 1. The Hall–Kier alpha value is -1.46. The molecule has 0 spiro atoms. The molecular weight excluding hydrogens is 490 g/mol. The quantitative estimate of drug-likeness (QED) is 0.373. The normalized spacial score (nSPS) is 11.9. The van der Waals surface area contributed by atoms with Crippen molar-refractivity contribution in [3.63, 3.8) is 0 Å². The highest BCUT2D eigenvalue weighted by Gasteiger charge is 2.17. The maximum absolute atomic E-state index is 13.9. The van der Waals surface area contributed by atoms with E-state index < -0.39 is 17.8 Å². The van der Waals surface area contributed by atoms with E-state index in [2.05, 4.69) is 33.4 Å². The van der Waals surface area contributed by atoms with Crippen LogP contribution in [0.5, 0.6) is 0 Å². The van der Waals surface area contributed by atoms with Gasteiger partial charge in [-0.05, 0) is 65.4 Å². The number of hydrogen-bond acceptors (Lipinski definition) is 5. The van der Waals surface area contributed by atoms with Gasteiger partial charge in [-0.2, -0.15) is 0 Å². The molecule has 0 bridgehead atoms. The molecule has 1 atom stereocenters. The van der Waals surface area contributed by atoms with Gasteiger partial charge in [-0.15, -0.1) is 0 Å². The Morgan fingerprint density at radius 2 is 2.04 bits per heavy atom. The maximum atomic E-state index is 13.9. The lowest BCUT2D eigenvalue weighted by Gasteiger charge is -2.16. The number of benzene rings is 2. The Morgan fingerprint density at radius 1 is 1.30 bits per heavy atom. The van der Waals surface area contributed by atoms with Crippen molar-refractivity contribution in [2.75, 3.05) is 25.6 Å². The van der Waals surface area contributed by atoms with Crippen molar-refractivity contribution >= 4 is 51.5 Å². The number of carbonyl (C=O) groups is 1. The van der Waals surface area contributed by atoms with Gasteiger partial charge in [0.05, 0.1) is 22.9 Å². The third kappa shape index (κ3) is 6.28. The van der Waals surface area contributed by atoms with Crippen molar-refractivity contribution in [3.05, 3.63) is 55.9 Å². The van der Waals surface area contributed by atoms with Crippen LogP contribution in [0.15, 0.2) is 30.3 Å². The predicted molar refractivity (Wildman–Crippen MR) is 110 cm³/mol. The van der Waals surface area contributed by atoms with Gasteiger partial charge in [-0.1, -0.05) is 11.6 Å². The minimum Gasteiger partial charge on any atom is -0.388 e. The Morgan fingerprint density at radius 3 is 2.70 bits per heavy atom. The van der Waals surface area contributed by atoms with Gasteiger partial charge in [-0.25, -0.2) is 9.87 Å². The van der Waals surface area contributed by atoms with E-state index in [9.17, 15) is 14.3 Å². The molecule has 0 aliphatic rings. The van der Waals surface area contributed by atoms with E-state index in [-0.39, 0.29) is 29.5 Å². The van der Waals surface area contributed by atoms with Gasteiger partial charge in [0.25, 0.3) is 5.91 Å². The Kier molecular flexibility index (Phi) is 8.24. The predicted octanol–water partition coefficient (Wildman–Crippen LogP) is 3.80. The first-order valence-electron chi connectivity index (χ1n) is 7.93. The van der Waals surface area contributed by atoms with E-state index in [1.54, 1.807) is 0 Å². The molecule has 6 nitrogen and oxygen atoms in total. The molecule has 0 radical (unpaired) electrons. The number of hydroxylamine groups is 1. The number of hydrogen-bond donors (Lipinski definition) is 3. The van der Waals surface area contributed by atoms with Crippen LogP contribution in [0.2, 0.25) is 5.02 Å². The lowest BCUT2D eigenvalue weighted by molar-refractivity contribution is -0.0365. The lowest BCUT2D eigenvalue weighted by atomic mass is 10.1. The van der Waals surface area contributed by atoms with Crippen LogP contribution in [0.3, 0.4) is 0 Å². The lowest BCUT2D eigenvalue weighted by Crippen LogP contribution is -2.30. The summed E-state index contributed by atoms with van der Waals surface area (Å²) >= 11 is 8.02. The van der Waals surface area contributed by atoms with E-state index in [0.717, 1.165) is 20.9 Å². The summed E-state index contributed by atoms with van der Waals surface area (Å²) in [4.78, 5) is 17.4. The summed E-state index contributed by atoms with van der Waals surface area (Å²) in [5.41, 5.74) is 4.20. The van der Waals surface area contributed by atoms with Crippen LogP contribution < -0.4 is 10.8 Å². The van der Waals surface area contributed by atoms with Crippen molar-refractivity contribution in [2.24, 2.45) is 0 Å². The first kappa shape index (κ1) is 21.8. The average Bonchev–Trinajstić information content (AvgIpc) is 2.60. The fourth-order valence-electron chi connectivity index (χ4n) is 2.25. The highest BCUT2D eigenvalue weighted by atomic mass is 127. The molecule has 146 valence electrons. The van der Waals surface area contributed by atoms with Gasteiger partial charge in [0.1, 0.15) is 18.5 Å². The van der Waals surface area contributed by atoms with Crippen LogP contribution in [-0.4, -0.2) is 37.4 Å². The summed E-state index contributed by atoms with van der Waals surface area (Å²) in [7, 11) is 1.44. The number of nitrogens with one attached hydrogen (secondary N) is 2. The minimum atomic E-state index is -0.890. The molecule has 27 heavy (non-hydrogen) atoms. The molecule has 0 fully saturated rings. The van der Waals surface area contributed by atoms with E-state index in [1.807, 2.05) is 25.1 Å². The molecule has 2 aromatic carbocycles. The van der Waals surface area contributed by atoms with Crippen LogP contribution in [-0.2, 0) is 9.57 Å². The number of ether oxygens (including phenoxy) is 1. The second kappa shape index (κ2) is 10.2. The molecule has 1 amide bonds. The first-order chi connectivity index (χ1) is 12.8. The van der Waals surface area contributed by atoms with Crippen LogP contribution in [0, 0.1) is 16.3 Å². The molecule has 2 aromatic rings. The molecule has 0 saturated heterocycles. The zero-order chi connectivity index (χ0) is 20.0. The molecule has 0 aliphatic carbocycles. The summed E-state index contributed by atoms with van der Waals surface area (Å²) in [6.07, 6.45) is -0.890. The Bertz CT molecular complexity index is 822. The summed E-state index contributed by atoms with van der Waals surface area (Å²) in [5.74, 6) is -1.29. The largest absolute Gasteiger partial charge is 0.388 e. The summed E-state index contributed by atoms with van der Waals surface area (Å²) < 4.78 is 19.8. The van der Waals surface area contributed by atoms with Gasteiger partial charge in [0, 0.05) is 16.4 Å². The van der Waals surface area contributed by atoms with Crippen molar-refractivity contribution in [3.8, 4) is 0 Å². The molecule has 0 heterocycles. The fourth-order valence-corrected chi connectivity index (χ4v) is 3.06. The number of methoxy groups -OCH3 is 1. The zero-order valence-corrected chi connectivity index (χ0v) is 17.6. The highest BCUT2D eigenvalue weighted by molar-refractivity contribution is 14.1. The first-order valence-corrected chi connectivity index (χ1v) is 9.38. The van der Waals surface area contributed by atoms with E-state index >= 15 is 0 Å². The Labute approximate surface area is 175 Å². The van der Waals surface area contributed by atoms with Gasteiger partial charge in [0.15, 0.2) is 0 Å². The van der Waals surface area contributed by atoms with Crippen molar-refractivity contribution in [2.45, 2.75) is 13.0 Å². The van der Waals surface area contributed by atoms with Gasteiger partial charge in [-0.3, -0.25) is 9.63 Å². The third-order valence-corrected chi connectivity index (χ3v) is 4.52. The molecule has 0 saturated carbocycles. The number of halogens is 3. The van der Waals surface area contributed by atoms with Crippen molar-refractivity contribution in [1.82, 2.24) is 5.48 Å². The molecular formula is C18H19ClFIN2O4. The van der Waals surface area contributed by atoms with Gasteiger partial charge < -0.3 is 15.2 Å². The third-order valence-electron chi connectivity index (χ3n) is 3.56. The molecule has 2 rings (SSSR count). The molecule has 3 N–H and O–H groups in total. The maximum Gasteiger partial charge on any atom is 0.277 e. The van der Waals surface area contributed by atoms with Crippen molar-refractivity contribution in [1.29, 1.82) is 0 Å². The summed E-state index contributed by atoms with van der Waals surface area (Å²) in [5, 5.41) is 12.4. The molecule has 1 unspecified atom stereocenters. The highest BCUT2D eigenvalue weighted by Crippen LogP contribution is 2.29. The topological polar surface area (TPSA) is 79.8 Å². The minimum absolute atomic E-state index is 0.0666. The molecule has 9 heteroatoms. The number of aryl methyl sites for hydroxylation is 1. The van der Waals surface area contributed by atoms with E-state index in [1.165, 1.54) is 13.2 Å². The van der Waals surface area contributed by atoms with Crippen LogP contribution in [0.25, 0.3) is 0 Å². The second-order valence-corrected chi connectivity index (χ2v) is 7.40. The average molecular weight is 509 g/mol. The van der Waals surface area contributed by atoms with Crippen LogP contribution in [0.1, 0.15) is 15.9 Å². The standard InChI is InChI=1S/C18H19ClFIN2O4/c1-10-5-11(21)3-4-16(10)22-17-7-15(20)14(19)6-13(17)18(25)23-27-9-12(24)8-26-2/h3-7,12,22,24H,8-9H2,1-2H3,(H,23,25). The van der Waals surface area contributed by atoms with Gasteiger partial charge >= 0.3 is 0 Å². The zero-order valence-electron chi connectivity index (χ0n) is 14.7. The number of anilines is 2. The number of aliphatic hydroxyl groups is 1. The van der Waals surface area contributed by atoms with Crippen LogP contribution >= 0.6 is 34.2 Å². The Balaban J connectivity index is 2.19. The number of aliphatic hydroxyl groups excluding tert-OH is 1.